The molecule has 1 N–H and O–H groups in total. The lowest BCUT2D eigenvalue weighted by Gasteiger charge is -2.37. The van der Waals surface area contributed by atoms with E-state index in [1.54, 1.807) is 21.1 Å². The minimum atomic E-state index is -0.293. The fourth-order valence-electron chi connectivity index (χ4n) is 3.79. The number of methoxy groups -OCH3 is 2. The Kier molecular flexibility index (Phi) is 7.30. The average molecular weight is 412 g/mol. The van der Waals surface area contributed by atoms with Gasteiger partial charge >= 0.3 is 5.97 Å². The van der Waals surface area contributed by atoms with Crippen molar-refractivity contribution in [3.05, 3.63) is 53.6 Å². The Bertz CT molecular complexity index is 885. The molecule has 0 radical (unpaired) electrons. The maximum absolute atomic E-state index is 12.7. The molecule has 1 amide bonds. The molecule has 1 unspecified atom stereocenters. The zero-order valence-corrected chi connectivity index (χ0v) is 17.6. The van der Waals surface area contributed by atoms with E-state index < -0.39 is 0 Å². The van der Waals surface area contributed by atoms with Crippen molar-refractivity contribution in [1.29, 1.82) is 0 Å². The number of hydrogen-bond donors (Lipinski definition) is 1. The van der Waals surface area contributed by atoms with E-state index in [4.69, 9.17) is 14.2 Å². The molecule has 7 heteroatoms. The molecule has 0 saturated heterocycles. The number of nitrogens with one attached hydrogen (secondary N) is 1. The van der Waals surface area contributed by atoms with Crippen molar-refractivity contribution in [1.82, 2.24) is 4.90 Å². The van der Waals surface area contributed by atoms with Crippen molar-refractivity contribution in [2.75, 3.05) is 39.2 Å². The number of para-hydroxylation sites is 1. The highest BCUT2D eigenvalue weighted by molar-refractivity contribution is 5.92. The molecule has 2 aromatic carbocycles. The number of rotatable bonds is 8. The summed E-state index contributed by atoms with van der Waals surface area (Å²) in [5.41, 5.74) is 2.79. The first-order valence-corrected chi connectivity index (χ1v) is 10.0. The molecule has 7 nitrogen and oxygen atoms in total. The van der Waals surface area contributed by atoms with Crippen molar-refractivity contribution < 1.29 is 23.8 Å². The van der Waals surface area contributed by atoms with Gasteiger partial charge in [0.15, 0.2) is 11.5 Å². The summed E-state index contributed by atoms with van der Waals surface area (Å²) < 4.78 is 16.1. The van der Waals surface area contributed by atoms with E-state index in [-0.39, 0.29) is 30.9 Å². The Morgan fingerprint density at radius 2 is 1.80 bits per heavy atom. The highest BCUT2D eigenvalue weighted by atomic mass is 16.5. The summed E-state index contributed by atoms with van der Waals surface area (Å²) in [4.78, 5) is 27.0. The first-order valence-electron chi connectivity index (χ1n) is 10.0. The Labute approximate surface area is 176 Å². The van der Waals surface area contributed by atoms with Crippen LogP contribution in [0.15, 0.2) is 42.5 Å². The van der Waals surface area contributed by atoms with Crippen molar-refractivity contribution in [3.63, 3.8) is 0 Å². The number of esters is 1. The first-order chi connectivity index (χ1) is 14.5. The van der Waals surface area contributed by atoms with Crippen LogP contribution < -0.4 is 14.8 Å². The fourth-order valence-corrected chi connectivity index (χ4v) is 3.79. The standard InChI is InChI=1S/C23H28N2O5/c1-4-30-23(27)14-19-18-13-21(29-3)20(28-2)12-16(18)10-11-25(19)15-22(26)24-17-8-6-5-7-9-17/h5-9,12-13,19H,4,10-11,14-15H2,1-3H3,(H,24,26). The third-order valence-electron chi connectivity index (χ3n) is 5.18. The molecule has 1 aliphatic rings. The number of anilines is 1. The SMILES string of the molecule is CCOC(=O)CC1c2cc(OC)c(OC)cc2CCN1CC(=O)Nc1ccccc1. The number of benzene rings is 2. The number of ether oxygens (including phenoxy) is 3. The lowest BCUT2D eigenvalue weighted by Crippen LogP contribution is -2.41. The Morgan fingerprint density at radius 3 is 2.47 bits per heavy atom. The van der Waals surface area contributed by atoms with E-state index in [9.17, 15) is 9.59 Å². The number of hydrogen-bond acceptors (Lipinski definition) is 6. The van der Waals surface area contributed by atoms with E-state index in [1.165, 1.54) is 0 Å². The summed E-state index contributed by atoms with van der Waals surface area (Å²) in [6.45, 7) is 2.92. The lowest BCUT2D eigenvalue weighted by atomic mass is 9.90. The van der Waals surface area contributed by atoms with E-state index in [0.29, 0.717) is 24.7 Å². The molecule has 30 heavy (non-hydrogen) atoms. The maximum Gasteiger partial charge on any atom is 0.307 e. The normalized spacial score (nSPS) is 15.8. The van der Waals surface area contributed by atoms with Gasteiger partial charge < -0.3 is 19.5 Å². The second-order valence-corrected chi connectivity index (χ2v) is 7.07. The van der Waals surface area contributed by atoms with Crippen LogP contribution in [-0.2, 0) is 20.7 Å². The minimum absolute atomic E-state index is 0.126. The molecule has 0 bridgehead atoms. The van der Waals surface area contributed by atoms with Gasteiger partial charge in [-0.2, -0.15) is 0 Å². The van der Waals surface area contributed by atoms with Crippen molar-refractivity contribution in [3.8, 4) is 11.5 Å². The van der Waals surface area contributed by atoms with Crippen molar-refractivity contribution in [2.24, 2.45) is 0 Å². The van der Waals surface area contributed by atoms with E-state index in [1.807, 2.05) is 47.4 Å². The predicted molar refractivity (Wildman–Crippen MR) is 114 cm³/mol. The quantitative estimate of drug-likeness (QED) is 0.671. The van der Waals surface area contributed by atoms with Crippen molar-refractivity contribution >= 4 is 17.6 Å². The molecule has 1 heterocycles. The van der Waals surface area contributed by atoms with Crippen LogP contribution in [0.4, 0.5) is 5.69 Å². The van der Waals surface area contributed by atoms with Crippen LogP contribution in [0, 0.1) is 0 Å². The number of fused-ring (bicyclic) bond motifs is 1. The van der Waals surface area contributed by atoms with Gasteiger partial charge in [-0.15, -0.1) is 0 Å². The first kappa shape index (κ1) is 21.6. The summed E-state index contributed by atoms with van der Waals surface area (Å²) in [6.07, 6.45) is 0.905. The van der Waals surface area contributed by atoms with Crippen LogP contribution in [0.2, 0.25) is 0 Å². The largest absolute Gasteiger partial charge is 0.493 e. The van der Waals surface area contributed by atoms with Crippen LogP contribution in [0.25, 0.3) is 0 Å². The molecule has 0 aromatic heterocycles. The minimum Gasteiger partial charge on any atom is -0.493 e. The van der Waals surface area contributed by atoms with Gasteiger partial charge in [-0.1, -0.05) is 18.2 Å². The second kappa shape index (κ2) is 10.1. The third-order valence-corrected chi connectivity index (χ3v) is 5.18. The Morgan fingerprint density at radius 1 is 1.10 bits per heavy atom. The molecule has 160 valence electrons. The van der Waals surface area contributed by atoms with Gasteiger partial charge in [0.2, 0.25) is 5.91 Å². The zero-order chi connectivity index (χ0) is 21.5. The topological polar surface area (TPSA) is 77.1 Å². The molecular formula is C23H28N2O5. The molecule has 0 aliphatic carbocycles. The smallest absolute Gasteiger partial charge is 0.307 e. The highest BCUT2D eigenvalue weighted by Gasteiger charge is 2.32. The molecule has 3 rings (SSSR count). The molecule has 1 atom stereocenters. The monoisotopic (exact) mass is 412 g/mol. The molecule has 1 aliphatic heterocycles. The Hall–Kier alpha value is -3.06. The van der Waals surface area contributed by atoms with Gasteiger partial charge in [0, 0.05) is 18.3 Å². The van der Waals surface area contributed by atoms with Gasteiger partial charge in [-0.25, -0.2) is 0 Å². The van der Waals surface area contributed by atoms with Crippen LogP contribution in [-0.4, -0.2) is 50.7 Å². The second-order valence-electron chi connectivity index (χ2n) is 7.07. The highest BCUT2D eigenvalue weighted by Crippen LogP contribution is 2.39. The lowest BCUT2D eigenvalue weighted by molar-refractivity contribution is -0.145. The van der Waals surface area contributed by atoms with Gasteiger partial charge in [0.05, 0.1) is 33.8 Å². The van der Waals surface area contributed by atoms with E-state index in [2.05, 4.69) is 5.32 Å². The summed E-state index contributed by atoms with van der Waals surface area (Å²) in [6, 6.07) is 12.9. The maximum atomic E-state index is 12.7. The van der Waals surface area contributed by atoms with E-state index in [0.717, 1.165) is 23.2 Å². The van der Waals surface area contributed by atoms with E-state index >= 15 is 0 Å². The van der Waals surface area contributed by atoms with Crippen molar-refractivity contribution in [2.45, 2.75) is 25.8 Å². The number of amides is 1. The molecule has 0 fully saturated rings. The fraction of sp³-hybridized carbons (Fsp3) is 0.391. The summed E-state index contributed by atoms with van der Waals surface area (Å²) in [5.74, 6) is 0.833. The van der Waals surface area contributed by atoms with Crippen LogP contribution in [0.3, 0.4) is 0 Å². The summed E-state index contributed by atoms with van der Waals surface area (Å²) >= 11 is 0. The number of carbonyl (C=O) groups excluding carboxylic acids is 2. The molecule has 0 saturated carbocycles. The third kappa shape index (κ3) is 5.10. The average Bonchev–Trinajstić information content (AvgIpc) is 2.75. The zero-order valence-electron chi connectivity index (χ0n) is 17.6. The van der Waals surface area contributed by atoms with Crippen LogP contribution in [0.5, 0.6) is 11.5 Å². The van der Waals surface area contributed by atoms with Gasteiger partial charge in [0.25, 0.3) is 0 Å². The Balaban J connectivity index is 1.85. The van der Waals surface area contributed by atoms with Crippen LogP contribution in [0.1, 0.15) is 30.5 Å². The van der Waals surface area contributed by atoms with Gasteiger partial charge in [-0.05, 0) is 48.7 Å². The molecule has 2 aromatic rings. The van der Waals surface area contributed by atoms with Crippen LogP contribution >= 0.6 is 0 Å². The van der Waals surface area contributed by atoms with Gasteiger partial charge in [0.1, 0.15) is 0 Å². The predicted octanol–water partition coefficient (Wildman–Crippen LogP) is 3.19. The summed E-state index contributed by atoms with van der Waals surface area (Å²) in [5, 5.41) is 2.91. The summed E-state index contributed by atoms with van der Waals surface area (Å²) in [7, 11) is 3.18. The van der Waals surface area contributed by atoms with Gasteiger partial charge in [-0.3, -0.25) is 14.5 Å². The number of nitrogens with zero attached hydrogens (tertiary/aromatic N) is 1. The molecular weight excluding hydrogens is 384 g/mol. The number of carbonyl (C=O) groups is 2. The molecule has 0 spiro atoms.